The number of fused-ring (bicyclic) bond motifs is 2. The number of rotatable bonds is 3. The van der Waals surface area contributed by atoms with Gasteiger partial charge in [0.25, 0.3) is 0 Å². The van der Waals surface area contributed by atoms with Crippen molar-refractivity contribution in [3.63, 3.8) is 0 Å². The Labute approximate surface area is 181 Å². The molecule has 0 spiro atoms. The van der Waals surface area contributed by atoms with Crippen LogP contribution in [0.4, 0.5) is 5.82 Å². The van der Waals surface area contributed by atoms with E-state index in [0.29, 0.717) is 13.1 Å². The summed E-state index contributed by atoms with van der Waals surface area (Å²) in [6.07, 6.45) is 0.268. The van der Waals surface area contributed by atoms with E-state index < -0.39 is 0 Å². The van der Waals surface area contributed by atoms with Crippen LogP contribution in [-0.2, 0) is 11.2 Å². The number of aryl methyl sites for hydroxylation is 3. The Morgan fingerprint density at radius 2 is 1.77 bits per heavy atom. The Balaban J connectivity index is 1.28. The Bertz CT molecular complexity index is 1290. The molecule has 0 radical (unpaired) electrons. The molecule has 3 heterocycles. The first kappa shape index (κ1) is 19.5. The number of amides is 1. The van der Waals surface area contributed by atoms with E-state index in [4.69, 9.17) is 9.51 Å². The number of aromatic nitrogens is 2. The zero-order valence-electron chi connectivity index (χ0n) is 18.2. The zero-order valence-corrected chi connectivity index (χ0v) is 18.2. The number of carbonyl (C=O) groups excluding carboxylic acids is 1. The van der Waals surface area contributed by atoms with Crippen LogP contribution in [0.3, 0.4) is 0 Å². The molecule has 0 unspecified atom stereocenters. The third kappa shape index (κ3) is 3.63. The van der Waals surface area contributed by atoms with Crippen LogP contribution in [0.15, 0.2) is 47.0 Å². The minimum atomic E-state index is 0.0949. The fourth-order valence-electron chi connectivity index (χ4n) is 4.57. The lowest BCUT2D eigenvalue weighted by Gasteiger charge is -2.35. The quantitative estimate of drug-likeness (QED) is 0.503. The number of carbonyl (C=O) groups is 1. The number of benzene rings is 2. The van der Waals surface area contributed by atoms with Crippen LogP contribution in [0.5, 0.6) is 0 Å². The highest BCUT2D eigenvalue weighted by Gasteiger charge is 2.24. The molecule has 5 rings (SSSR count). The third-order valence-electron chi connectivity index (χ3n) is 6.17. The van der Waals surface area contributed by atoms with Crippen LogP contribution in [0.2, 0.25) is 0 Å². The van der Waals surface area contributed by atoms with Crippen LogP contribution < -0.4 is 4.90 Å². The molecule has 2 aromatic heterocycles. The van der Waals surface area contributed by atoms with Gasteiger partial charge in [-0.05, 0) is 55.7 Å². The Morgan fingerprint density at radius 1 is 1.00 bits per heavy atom. The maximum absolute atomic E-state index is 13.0. The van der Waals surface area contributed by atoms with Crippen molar-refractivity contribution in [1.82, 2.24) is 15.0 Å². The number of nitrogens with zero attached hydrogens (tertiary/aromatic N) is 4. The van der Waals surface area contributed by atoms with Crippen molar-refractivity contribution in [1.29, 1.82) is 0 Å². The van der Waals surface area contributed by atoms with Gasteiger partial charge in [0, 0.05) is 37.0 Å². The highest BCUT2D eigenvalue weighted by molar-refractivity contribution is 5.89. The van der Waals surface area contributed by atoms with E-state index in [1.165, 1.54) is 10.9 Å². The van der Waals surface area contributed by atoms with Gasteiger partial charge in [-0.3, -0.25) is 4.79 Å². The molecule has 6 nitrogen and oxygen atoms in total. The Morgan fingerprint density at radius 3 is 2.58 bits per heavy atom. The molecule has 1 saturated heterocycles. The van der Waals surface area contributed by atoms with Crippen molar-refractivity contribution in [3.05, 3.63) is 64.8 Å². The lowest BCUT2D eigenvalue weighted by atomic mass is 10.0. The van der Waals surface area contributed by atoms with Gasteiger partial charge in [-0.1, -0.05) is 29.4 Å². The Hall–Kier alpha value is -3.41. The largest absolute Gasteiger partial charge is 0.356 e. The van der Waals surface area contributed by atoms with Crippen LogP contribution in [0.1, 0.15) is 22.4 Å². The van der Waals surface area contributed by atoms with E-state index in [-0.39, 0.29) is 12.3 Å². The zero-order chi connectivity index (χ0) is 21.5. The van der Waals surface area contributed by atoms with Gasteiger partial charge in [-0.2, -0.15) is 0 Å². The average Bonchev–Trinajstić information content (AvgIpc) is 3.16. The number of piperazine rings is 1. The summed E-state index contributed by atoms with van der Waals surface area (Å²) < 4.78 is 5.48. The van der Waals surface area contributed by atoms with Crippen LogP contribution in [-0.4, -0.2) is 47.1 Å². The molecular weight excluding hydrogens is 388 g/mol. The summed E-state index contributed by atoms with van der Waals surface area (Å²) in [5, 5.41) is 6.34. The third-order valence-corrected chi connectivity index (χ3v) is 6.17. The fraction of sp³-hybridized carbons (Fsp3) is 0.320. The normalized spacial score (nSPS) is 14.5. The second-order valence-corrected chi connectivity index (χ2v) is 8.44. The van der Waals surface area contributed by atoms with Crippen LogP contribution >= 0.6 is 0 Å². The standard InChI is InChI=1S/C25H26N4O2/c1-16-12-18(3)25-21(27-31-22(25)13-16)15-24(30)29-10-8-28(9-11-29)23-14-17(2)19-6-4-5-7-20(19)26-23/h4-7,12-14H,8-11,15H2,1-3H3. The van der Waals surface area contributed by atoms with E-state index in [2.05, 4.69) is 41.2 Å². The highest BCUT2D eigenvalue weighted by atomic mass is 16.5. The average molecular weight is 415 g/mol. The van der Waals surface area contributed by atoms with Gasteiger partial charge >= 0.3 is 0 Å². The molecule has 1 amide bonds. The SMILES string of the molecule is Cc1cc(C)c2c(CC(=O)N3CCN(c4cc(C)c5ccccc5n4)CC3)noc2c1. The molecule has 0 saturated carbocycles. The summed E-state index contributed by atoms with van der Waals surface area (Å²) in [6, 6.07) is 14.4. The van der Waals surface area contributed by atoms with E-state index >= 15 is 0 Å². The van der Waals surface area contributed by atoms with Gasteiger partial charge in [0.1, 0.15) is 11.5 Å². The summed E-state index contributed by atoms with van der Waals surface area (Å²) in [5.74, 6) is 1.08. The predicted molar refractivity (Wildman–Crippen MR) is 122 cm³/mol. The molecule has 2 aromatic carbocycles. The molecule has 158 valence electrons. The maximum atomic E-state index is 13.0. The van der Waals surface area contributed by atoms with E-state index in [1.54, 1.807) is 0 Å². The van der Waals surface area contributed by atoms with Crippen LogP contribution in [0, 0.1) is 20.8 Å². The van der Waals surface area contributed by atoms with Gasteiger partial charge in [0.15, 0.2) is 5.58 Å². The molecule has 1 aliphatic rings. The number of para-hydroxylation sites is 1. The first-order valence-corrected chi connectivity index (χ1v) is 10.7. The van der Waals surface area contributed by atoms with E-state index in [1.807, 2.05) is 36.9 Å². The van der Waals surface area contributed by atoms with Crippen molar-refractivity contribution in [2.24, 2.45) is 0 Å². The van der Waals surface area contributed by atoms with Gasteiger partial charge in [0.05, 0.1) is 11.9 Å². The highest BCUT2D eigenvalue weighted by Crippen LogP contribution is 2.26. The molecule has 6 heteroatoms. The maximum Gasteiger partial charge on any atom is 0.228 e. The number of hydrogen-bond donors (Lipinski definition) is 0. The molecule has 0 N–H and O–H groups in total. The molecule has 31 heavy (non-hydrogen) atoms. The van der Waals surface area contributed by atoms with Crippen molar-refractivity contribution in [2.45, 2.75) is 27.2 Å². The molecule has 0 bridgehead atoms. The van der Waals surface area contributed by atoms with Gasteiger partial charge in [0.2, 0.25) is 5.91 Å². The summed E-state index contributed by atoms with van der Waals surface area (Å²) in [5.41, 5.74) is 5.95. The minimum absolute atomic E-state index is 0.0949. The first-order valence-electron chi connectivity index (χ1n) is 10.7. The van der Waals surface area contributed by atoms with Gasteiger partial charge < -0.3 is 14.3 Å². The smallest absolute Gasteiger partial charge is 0.228 e. The summed E-state index contributed by atoms with van der Waals surface area (Å²) in [4.78, 5) is 22.0. The molecule has 1 aliphatic heterocycles. The minimum Gasteiger partial charge on any atom is -0.356 e. The monoisotopic (exact) mass is 414 g/mol. The second-order valence-electron chi connectivity index (χ2n) is 8.44. The van der Waals surface area contributed by atoms with Crippen molar-refractivity contribution in [2.75, 3.05) is 31.1 Å². The summed E-state index contributed by atoms with van der Waals surface area (Å²) in [7, 11) is 0. The van der Waals surface area contributed by atoms with Crippen molar-refractivity contribution < 1.29 is 9.32 Å². The molecule has 0 aliphatic carbocycles. The topological polar surface area (TPSA) is 62.5 Å². The summed E-state index contributed by atoms with van der Waals surface area (Å²) >= 11 is 0. The van der Waals surface area contributed by atoms with Gasteiger partial charge in [-0.15, -0.1) is 0 Å². The Kier molecular flexibility index (Phi) is 4.85. The molecular formula is C25H26N4O2. The van der Waals surface area contributed by atoms with E-state index in [0.717, 1.165) is 52.2 Å². The lowest BCUT2D eigenvalue weighted by molar-refractivity contribution is -0.130. The molecule has 0 atom stereocenters. The predicted octanol–water partition coefficient (Wildman–Crippen LogP) is 4.19. The number of anilines is 1. The number of pyridine rings is 1. The lowest BCUT2D eigenvalue weighted by Crippen LogP contribution is -2.49. The van der Waals surface area contributed by atoms with Crippen LogP contribution in [0.25, 0.3) is 21.9 Å². The van der Waals surface area contributed by atoms with Crippen molar-refractivity contribution in [3.8, 4) is 0 Å². The molecule has 1 fully saturated rings. The van der Waals surface area contributed by atoms with Gasteiger partial charge in [-0.25, -0.2) is 4.98 Å². The fourth-order valence-corrected chi connectivity index (χ4v) is 4.57. The molecule has 4 aromatic rings. The second kappa shape index (κ2) is 7.69. The first-order chi connectivity index (χ1) is 15.0. The summed E-state index contributed by atoms with van der Waals surface area (Å²) in [6.45, 7) is 9.10. The van der Waals surface area contributed by atoms with Crippen molar-refractivity contribution >= 4 is 33.6 Å². The number of hydrogen-bond acceptors (Lipinski definition) is 5. The van der Waals surface area contributed by atoms with E-state index in [9.17, 15) is 4.79 Å².